The Bertz CT molecular complexity index is 1060. The Labute approximate surface area is 219 Å². The molecule has 1 unspecified atom stereocenters. The van der Waals surface area contributed by atoms with Gasteiger partial charge in [-0.15, -0.1) is 0 Å². The summed E-state index contributed by atoms with van der Waals surface area (Å²) in [6, 6.07) is 8.38. The van der Waals surface area contributed by atoms with Gasteiger partial charge in [-0.05, 0) is 53.0 Å². The Morgan fingerprint density at radius 1 is 1.06 bits per heavy atom. The van der Waals surface area contributed by atoms with Crippen LogP contribution < -0.4 is 14.8 Å². The molecular formula is C28H38ClNO6. The third-order valence-corrected chi connectivity index (χ3v) is 6.10. The molecule has 1 atom stereocenters. The molecular weight excluding hydrogens is 482 g/mol. The van der Waals surface area contributed by atoms with Crippen LogP contribution in [0.2, 0.25) is 5.02 Å². The molecule has 198 valence electrons. The number of halogens is 1. The smallest absolute Gasteiger partial charge is 0.335 e. The molecule has 0 aliphatic carbocycles. The van der Waals surface area contributed by atoms with Crippen molar-refractivity contribution in [1.29, 1.82) is 0 Å². The number of carbonyl (C=O) groups excluding carboxylic acids is 1. The minimum absolute atomic E-state index is 0.120. The number of hydrogen-bond donors (Lipinski definition) is 2. The van der Waals surface area contributed by atoms with Crippen molar-refractivity contribution in [1.82, 2.24) is 0 Å². The van der Waals surface area contributed by atoms with E-state index in [1.54, 1.807) is 38.5 Å². The van der Waals surface area contributed by atoms with Crippen molar-refractivity contribution in [2.75, 3.05) is 32.8 Å². The highest BCUT2D eigenvalue weighted by Gasteiger charge is 2.25. The van der Waals surface area contributed by atoms with E-state index in [9.17, 15) is 14.7 Å². The maximum Gasteiger partial charge on any atom is 0.335 e. The molecule has 0 spiro atoms. The van der Waals surface area contributed by atoms with Crippen molar-refractivity contribution in [3.05, 3.63) is 52.0 Å². The Balaban J connectivity index is 2.38. The number of carboxylic acids is 1. The van der Waals surface area contributed by atoms with Crippen LogP contribution in [0.25, 0.3) is 0 Å². The lowest BCUT2D eigenvalue weighted by Gasteiger charge is -2.25. The molecule has 2 rings (SSSR count). The second-order valence-corrected chi connectivity index (χ2v) is 10.7. The number of benzene rings is 2. The van der Waals surface area contributed by atoms with E-state index < -0.39 is 5.97 Å². The first-order chi connectivity index (χ1) is 16.9. The van der Waals surface area contributed by atoms with E-state index in [2.05, 4.69) is 19.2 Å². The Morgan fingerprint density at radius 3 is 2.31 bits per heavy atom. The van der Waals surface area contributed by atoms with E-state index in [0.717, 1.165) is 17.5 Å². The summed E-state index contributed by atoms with van der Waals surface area (Å²) in [7, 11) is 3.17. The molecule has 0 aliphatic rings. The first-order valence-electron chi connectivity index (χ1n) is 12.0. The number of rotatable bonds is 12. The predicted octanol–water partition coefficient (Wildman–Crippen LogP) is 6.53. The number of carboxylic acid groups (broad SMARTS) is 1. The first kappa shape index (κ1) is 29.5. The van der Waals surface area contributed by atoms with E-state index in [0.29, 0.717) is 41.3 Å². The summed E-state index contributed by atoms with van der Waals surface area (Å²) < 4.78 is 16.4. The van der Waals surface area contributed by atoms with E-state index in [1.165, 1.54) is 6.07 Å². The zero-order chi connectivity index (χ0) is 27.0. The zero-order valence-corrected chi connectivity index (χ0v) is 23.0. The molecule has 0 aromatic heterocycles. The molecule has 0 bridgehead atoms. The molecule has 2 aromatic rings. The summed E-state index contributed by atoms with van der Waals surface area (Å²) in [4.78, 5) is 24.8. The fourth-order valence-electron chi connectivity index (χ4n) is 4.14. The van der Waals surface area contributed by atoms with Crippen molar-refractivity contribution in [3.8, 4) is 11.5 Å². The maximum absolute atomic E-state index is 13.3. The van der Waals surface area contributed by atoms with Crippen molar-refractivity contribution < 1.29 is 28.9 Å². The highest BCUT2D eigenvalue weighted by atomic mass is 35.5. The first-order valence-corrected chi connectivity index (χ1v) is 12.4. The number of nitrogens with one attached hydrogen (secondary N) is 1. The lowest BCUT2D eigenvalue weighted by atomic mass is 9.84. The normalized spacial score (nSPS) is 12.4. The largest absolute Gasteiger partial charge is 0.496 e. The summed E-state index contributed by atoms with van der Waals surface area (Å²) in [6.45, 7) is 11.0. The van der Waals surface area contributed by atoms with Crippen molar-refractivity contribution in [3.63, 3.8) is 0 Å². The number of ether oxygens (including phenoxy) is 3. The second-order valence-electron chi connectivity index (χ2n) is 10.3. The van der Waals surface area contributed by atoms with Crippen LogP contribution in [0.15, 0.2) is 30.3 Å². The van der Waals surface area contributed by atoms with E-state index in [4.69, 9.17) is 25.8 Å². The molecule has 8 heteroatoms. The average Bonchev–Trinajstić information content (AvgIpc) is 2.78. The van der Waals surface area contributed by atoms with Crippen LogP contribution in [0.3, 0.4) is 0 Å². The van der Waals surface area contributed by atoms with Crippen LogP contribution in [-0.4, -0.2) is 44.4 Å². The standard InChI is InChI=1S/C28H38ClNO6/c1-17(2)12-19(20-15-22(29)25(16-24(20)35-7)36-11-10-34-6)14-26(31)30-23-13-18(27(32)33)8-9-21(23)28(3,4)5/h8-9,13,15-17,19H,10-12,14H2,1-7H3,(H,30,31)(H,32,33). The van der Waals surface area contributed by atoms with Crippen molar-refractivity contribution in [2.45, 2.75) is 58.8 Å². The van der Waals surface area contributed by atoms with Crippen LogP contribution in [0.1, 0.15) is 74.9 Å². The molecule has 0 saturated carbocycles. The van der Waals surface area contributed by atoms with Crippen LogP contribution >= 0.6 is 11.6 Å². The van der Waals surface area contributed by atoms with E-state index in [-0.39, 0.29) is 29.2 Å². The van der Waals surface area contributed by atoms with Crippen molar-refractivity contribution in [2.24, 2.45) is 5.92 Å². The SMILES string of the molecule is COCCOc1cc(OC)c(C(CC(=O)Nc2cc(C(=O)O)ccc2C(C)(C)C)CC(C)C)cc1Cl. The van der Waals surface area contributed by atoms with Gasteiger partial charge in [-0.2, -0.15) is 0 Å². The summed E-state index contributed by atoms with van der Waals surface area (Å²) >= 11 is 6.52. The Kier molecular flexibility index (Phi) is 10.6. The van der Waals surface area contributed by atoms with Gasteiger partial charge in [0, 0.05) is 25.3 Å². The zero-order valence-electron chi connectivity index (χ0n) is 22.2. The molecule has 0 fully saturated rings. The topological polar surface area (TPSA) is 94.1 Å². The van der Waals surface area contributed by atoms with Gasteiger partial charge in [-0.3, -0.25) is 4.79 Å². The summed E-state index contributed by atoms with van der Waals surface area (Å²) in [5.74, 6) is -0.0467. The highest BCUT2D eigenvalue weighted by Crippen LogP contribution is 2.40. The summed E-state index contributed by atoms with van der Waals surface area (Å²) in [6.07, 6.45) is 0.904. The number of amides is 1. The van der Waals surface area contributed by atoms with Gasteiger partial charge in [-0.25, -0.2) is 4.79 Å². The number of methoxy groups -OCH3 is 2. The highest BCUT2D eigenvalue weighted by molar-refractivity contribution is 6.32. The van der Waals surface area contributed by atoms with Gasteiger partial charge >= 0.3 is 5.97 Å². The molecule has 0 radical (unpaired) electrons. The number of hydrogen-bond acceptors (Lipinski definition) is 5. The number of anilines is 1. The lowest BCUT2D eigenvalue weighted by Crippen LogP contribution is -2.21. The molecule has 2 aromatic carbocycles. The van der Waals surface area contributed by atoms with Gasteiger partial charge in [0.15, 0.2) is 0 Å². The fraction of sp³-hybridized carbons (Fsp3) is 0.500. The van der Waals surface area contributed by atoms with Crippen LogP contribution in [0.4, 0.5) is 5.69 Å². The van der Waals surface area contributed by atoms with Crippen LogP contribution in [0, 0.1) is 5.92 Å². The third-order valence-electron chi connectivity index (χ3n) is 5.81. The summed E-state index contributed by atoms with van der Waals surface area (Å²) in [5, 5.41) is 12.8. The second kappa shape index (κ2) is 13.0. The fourth-order valence-corrected chi connectivity index (χ4v) is 4.37. The van der Waals surface area contributed by atoms with Gasteiger partial charge in [0.25, 0.3) is 0 Å². The van der Waals surface area contributed by atoms with Gasteiger partial charge in [-0.1, -0.05) is 52.3 Å². The number of carbonyl (C=O) groups is 2. The molecule has 2 N–H and O–H groups in total. The van der Waals surface area contributed by atoms with Crippen molar-refractivity contribution >= 4 is 29.2 Å². The minimum Gasteiger partial charge on any atom is -0.496 e. The Hall–Kier alpha value is -2.77. The van der Waals surface area contributed by atoms with Gasteiger partial charge in [0.05, 0.1) is 24.3 Å². The van der Waals surface area contributed by atoms with Gasteiger partial charge < -0.3 is 24.6 Å². The molecule has 1 amide bonds. The quantitative estimate of drug-likeness (QED) is 0.310. The van der Waals surface area contributed by atoms with E-state index >= 15 is 0 Å². The van der Waals surface area contributed by atoms with Crippen LogP contribution in [-0.2, 0) is 14.9 Å². The molecule has 0 heterocycles. The minimum atomic E-state index is -1.05. The average molecular weight is 520 g/mol. The molecule has 0 aliphatic heterocycles. The molecule has 0 saturated heterocycles. The van der Waals surface area contributed by atoms with E-state index in [1.807, 2.05) is 20.8 Å². The Morgan fingerprint density at radius 2 is 1.75 bits per heavy atom. The van der Waals surface area contributed by atoms with Gasteiger partial charge in [0.1, 0.15) is 18.1 Å². The lowest BCUT2D eigenvalue weighted by molar-refractivity contribution is -0.116. The maximum atomic E-state index is 13.3. The monoisotopic (exact) mass is 519 g/mol. The number of aromatic carboxylic acids is 1. The molecule has 7 nitrogen and oxygen atoms in total. The summed E-state index contributed by atoms with van der Waals surface area (Å²) in [5.41, 5.74) is 2.02. The predicted molar refractivity (Wildman–Crippen MR) is 143 cm³/mol. The molecule has 36 heavy (non-hydrogen) atoms. The van der Waals surface area contributed by atoms with Gasteiger partial charge in [0.2, 0.25) is 5.91 Å². The van der Waals surface area contributed by atoms with Crippen LogP contribution in [0.5, 0.6) is 11.5 Å². The third kappa shape index (κ3) is 8.14.